The lowest BCUT2D eigenvalue weighted by Crippen LogP contribution is -2.66. The standard InChI is InChI=1S/C17H30N2O2/c1-5-6-13-7-9-14(10-8-13)19-12(4)16(20)18-15(11(2)3)17(19)21/h11-15H,5-10H2,1-4H3,(H,18,20). The van der Waals surface area contributed by atoms with E-state index in [1.54, 1.807) is 0 Å². The molecule has 1 aliphatic heterocycles. The minimum Gasteiger partial charge on any atom is -0.342 e. The molecule has 1 saturated heterocycles. The molecule has 1 saturated carbocycles. The van der Waals surface area contributed by atoms with E-state index in [1.165, 1.54) is 25.7 Å². The molecule has 21 heavy (non-hydrogen) atoms. The fraction of sp³-hybridized carbons (Fsp3) is 0.882. The molecule has 2 amide bonds. The number of nitrogens with zero attached hydrogens (tertiary/aromatic N) is 1. The molecular formula is C17H30N2O2. The average Bonchev–Trinajstić information content (AvgIpc) is 2.45. The Morgan fingerprint density at radius 2 is 1.81 bits per heavy atom. The first-order valence-corrected chi connectivity index (χ1v) is 8.58. The van der Waals surface area contributed by atoms with Gasteiger partial charge in [-0.15, -0.1) is 0 Å². The second-order valence-electron chi connectivity index (χ2n) is 7.11. The third-order valence-electron chi connectivity index (χ3n) is 5.19. The number of hydrogen-bond donors (Lipinski definition) is 1. The van der Waals surface area contributed by atoms with Gasteiger partial charge in [-0.2, -0.15) is 0 Å². The summed E-state index contributed by atoms with van der Waals surface area (Å²) in [4.78, 5) is 26.8. The van der Waals surface area contributed by atoms with Gasteiger partial charge in [-0.25, -0.2) is 0 Å². The SMILES string of the molecule is CCCC1CCC(N2C(=O)C(C(C)C)NC(=O)C2C)CC1. The van der Waals surface area contributed by atoms with Gasteiger partial charge in [0.2, 0.25) is 11.8 Å². The zero-order valence-corrected chi connectivity index (χ0v) is 13.9. The van der Waals surface area contributed by atoms with Crippen LogP contribution in [0.4, 0.5) is 0 Å². The first-order valence-electron chi connectivity index (χ1n) is 8.58. The van der Waals surface area contributed by atoms with Gasteiger partial charge in [0.25, 0.3) is 0 Å². The lowest BCUT2D eigenvalue weighted by Gasteiger charge is -2.45. The molecule has 0 radical (unpaired) electrons. The predicted octanol–water partition coefficient (Wildman–Crippen LogP) is 2.72. The van der Waals surface area contributed by atoms with Crippen LogP contribution < -0.4 is 5.32 Å². The summed E-state index contributed by atoms with van der Waals surface area (Å²) in [5.74, 6) is 1.09. The highest BCUT2D eigenvalue weighted by atomic mass is 16.2. The predicted molar refractivity (Wildman–Crippen MR) is 83.7 cm³/mol. The van der Waals surface area contributed by atoms with Crippen molar-refractivity contribution in [1.82, 2.24) is 10.2 Å². The molecule has 2 atom stereocenters. The second-order valence-corrected chi connectivity index (χ2v) is 7.11. The Kier molecular flexibility index (Phi) is 5.28. The van der Waals surface area contributed by atoms with E-state index in [9.17, 15) is 9.59 Å². The summed E-state index contributed by atoms with van der Waals surface area (Å²) in [6.45, 7) is 8.09. The van der Waals surface area contributed by atoms with Gasteiger partial charge in [0.05, 0.1) is 0 Å². The van der Waals surface area contributed by atoms with Crippen molar-refractivity contribution in [2.24, 2.45) is 11.8 Å². The van der Waals surface area contributed by atoms with E-state index >= 15 is 0 Å². The van der Waals surface area contributed by atoms with Gasteiger partial charge in [0.1, 0.15) is 12.1 Å². The number of hydrogen-bond acceptors (Lipinski definition) is 2. The lowest BCUT2D eigenvalue weighted by molar-refractivity contribution is -0.153. The molecule has 0 bridgehead atoms. The van der Waals surface area contributed by atoms with Gasteiger partial charge in [-0.05, 0) is 44.4 Å². The molecule has 4 heteroatoms. The summed E-state index contributed by atoms with van der Waals surface area (Å²) >= 11 is 0. The summed E-state index contributed by atoms with van der Waals surface area (Å²) in [6.07, 6.45) is 7.04. The molecule has 1 aliphatic carbocycles. The summed E-state index contributed by atoms with van der Waals surface area (Å²) < 4.78 is 0. The number of amides is 2. The van der Waals surface area contributed by atoms with Crippen molar-refractivity contribution in [3.8, 4) is 0 Å². The van der Waals surface area contributed by atoms with Crippen LogP contribution in [0.15, 0.2) is 0 Å². The molecule has 1 N–H and O–H groups in total. The minimum atomic E-state index is -0.345. The number of carbonyl (C=O) groups excluding carboxylic acids is 2. The van der Waals surface area contributed by atoms with Crippen molar-refractivity contribution in [3.05, 3.63) is 0 Å². The molecule has 2 fully saturated rings. The van der Waals surface area contributed by atoms with Crippen LogP contribution in [0.1, 0.15) is 66.2 Å². The average molecular weight is 294 g/mol. The van der Waals surface area contributed by atoms with E-state index in [0.717, 1.165) is 18.8 Å². The van der Waals surface area contributed by atoms with Crippen LogP contribution in [0, 0.1) is 11.8 Å². The van der Waals surface area contributed by atoms with Crippen molar-refractivity contribution in [3.63, 3.8) is 0 Å². The summed E-state index contributed by atoms with van der Waals surface area (Å²) in [5.41, 5.74) is 0. The maximum atomic E-state index is 12.7. The van der Waals surface area contributed by atoms with Gasteiger partial charge in [0, 0.05) is 6.04 Å². The van der Waals surface area contributed by atoms with Crippen LogP contribution >= 0.6 is 0 Å². The Bertz CT molecular complexity index is 386. The molecule has 0 spiro atoms. The van der Waals surface area contributed by atoms with Crippen molar-refractivity contribution >= 4 is 11.8 Å². The van der Waals surface area contributed by atoms with Crippen molar-refractivity contribution in [1.29, 1.82) is 0 Å². The monoisotopic (exact) mass is 294 g/mol. The van der Waals surface area contributed by atoms with Crippen molar-refractivity contribution < 1.29 is 9.59 Å². The smallest absolute Gasteiger partial charge is 0.246 e. The van der Waals surface area contributed by atoms with Crippen LogP contribution in [-0.4, -0.2) is 34.8 Å². The number of piperazine rings is 1. The molecule has 2 aliphatic rings. The second kappa shape index (κ2) is 6.80. The maximum Gasteiger partial charge on any atom is 0.246 e. The summed E-state index contributed by atoms with van der Waals surface area (Å²) in [5, 5.41) is 2.88. The lowest BCUT2D eigenvalue weighted by atomic mass is 9.82. The summed E-state index contributed by atoms with van der Waals surface area (Å²) in [6, 6.07) is -0.407. The molecule has 0 aromatic rings. The van der Waals surface area contributed by atoms with Gasteiger partial charge < -0.3 is 10.2 Å². The molecule has 2 rings (SSSR count). The Labute approximate surface area is 128 Å². The van der Waals surface area contributed by atoms with Crippen molar-refractivity contribution in [2.45, 2.75) is 84.3 Å². The summed E-state index contributed by atoms with van der Waals surface area (Å²) in [7, 11) is 0. The molecule has 4 nitrogen and oxygen atoms in total. The van der Waals surface area contributed by atoms with Crippen LogP contribution in [-0.2, 0) is 9.59 Å². The number of carbonyl (C=O) groups is 2. The molecule has 2 unspecified atom stereocenters. The normalized spacial score (nSPS) is 34.2. The van der Waals surface area contributed by atoms with E-state index < -0.39 is 0 Å². The largest absolute Gasteiger partial charge is 0.342 e. The highest BCUT2D eigenvalue weighted by Gasteiger charge is 2.43. The Balaban J connectivity index is 2.06. The zero-order valence-electron chi connectivity index (χ0n) is 13.9. The maximum absolute atomic E-state index is 12.7. The van der Waals surface area contributed by atoms with Gasteiger partial charge in [-0.3, -0.25) is 9.59 Å². The fourth-order valence-electron chi connectivity index (χ4n) is 3.88. The Hall–Kier alpha value is -1.06. The first kappa shape index (κ1) is 16.3. The number of rotatable bonds is 4. The van der Waals surface area contributed by atoms with E-state index in [-0.39, 0.29) is 35.9 Å². The first-order chi connectivity index (χ1) is 9.95. The van der Waals surface area contributed by atoms with Gasteiger partial charge in [0.15, 0.2) is 0 Å². The van der Waals surface area contributed by atoms with E-state index in [1.807, 2.05) is 25.7 Å². The molecule has 120 valence electrons. The van der Waals surface area contributed by atoms with Crippen LogP contribution in [0.25, 0.3) is 0 Å². The van der Waals surface area contributed by atoms with Crippen LogP contribution in [0.5, 0.6) is 0 Å². The van der Waals surface area contributed by atoms with E-state index in [4.69, 9.17) is 0 Å². The highest BCUT2D eigenvalue weighted by molar-refractivity contribution is 5.97. The third kappa shape index (κ3) is 3.41. The number of nitrogens with one attached hydrogen (secondary N) is 1. The van der Waals surface area contributed by atoms with Crippen LogP contribution in [0.3, 0.4) is 0 Å². The Morgan fingerprint density at radius 3 is 2.33 bits per heavy atom. The third-order valence-corrected chi connectivity index (χ3v) is 5.19. The van der Waals surface area contributed by atoms with Crippen molar-refractivity contribution in [2.75, 3.05) is 0 Å². The zero-order chi connectivity index (χ0) is 15.6. The topological polar surface area (TPSA) is 49.4 Å². The quantitative estimate of drug-likeness (QED) is 0.866. The van der Waals surface area contributed by atoms with Gasteiger partial charge >= 0.3 is 0 Å². The minimum absolute atomic E-state index is 0.00369. The molecule has 0 aromatic heterocycles. The van der Waals surface area contributed by atoms with E-state index in [2.05, 4.69) is 12.2 Å². The highest BCUT2D eigenvalue weighted by Crippen LogP contribution is 2.32. The Morgan fingerprint density at radius 1 is 1.19 bits per heavy atom. The molecular weight excluding hydrogens is 264 g/mol. The molecule has 0 aromatic carbocycles. The van der Waals surface area contributed by atoms with E-state index in [0.29, 0.717) is 0 Å². The van der Waals surface area contributed by atoms with Crippen LogP contribution in [0.2, 0.25) is 0 Å². The van der Waals surface area contributed by atoms with Gasteiger partial charge in [-0.1, -0.05) is 33.6 Å². The fourth-order valence-corrected chi connectivity index (χ4v) is 3.88. The molecule has 1 heterocycles.